The van der Waals surface area contributed by atoms with E-state index in [0.717, 1.165) is 10.0 Å². The molecule has 4 aromatic rings. The second kappa shape index (κ2) is 9.45. The Labute approximate surface area is 192 Å². The lowest BCUT2D eigenvalue weighted by Crippen LogP contribution is -2.20. The van der Waals surface area contributed by atoms with Gasteiger partial charge < -0.3 is 9.47 Å². The summed E-state index contributed by atoms with van der Waals surface area (Å²) in [7, 11) is 1.51. The number of hydrogen-bond donors (Lipinski definition) is 0. The standard InChI is InChI=1S/C24H17BrN4O3/c1-31-21-14-18(25)13-17(22(21)32-12-11-26)15-27-29-23(16-7-3-2-4-8-16)28-20-10-6-5-9-19(20)24(29)30/h2-10,13-15H,12H2,1H3. The largest absolute Gasteiger partial charge is 0.493 e. The third-order valence-corrected chi connectivity index (χ3v) is 5.11. The molecule has 0 N–H and O–H groups in total. The van der Waals surface area contributed by atoms with Gasteiger partial charge in [-0.05, 0) is 24.3 Å². The van der Waals surface area contributed by atoms with Crippen LogP contribution in [0.3, 0.4) is 0 Å². The Kier molecular flexibility index (Phi) is 6.29. The number of para-hydroxylation sites is 1. The third-order valence-electron chi connectivity index (χ3n) is 4.65. The van der Waals surface area contributed by atoms with Crippen LogP contribution in [0, 0.1) is 11.3 Å². The van der Waals surface area contributed by atoms with Gasteiger partial charge in [0.15, 0.2) is 23.9 Å². The topological polar surface area (TPSA) is 89.5 Å². The van der Waals surface area contributed by atoms with Gasteiger partial charge in [-0.2, -0.15) is 15.0 Å². The van der Waals surface area contributed by atoms with Crippen LogP contribution in [-0.4, -0.2) is 29.6 Å². The highest BCUT2D eigenvalue weighted by Gasteiger charge is 2.14. The molecule has 0 bridgehead atoms. The van der Waals surface area contributed by atoms with Crippen molar-refractivity contribution in [1.29, 1.82) is 5.26 Å². The van der Waals surface area contributed by atoms with E-state index in [4.69, 9.17) is 14.7 Å². The van der Waals surface area contributed by atoms with Crippen molar-refractivity contribution in [1.82, 2.24) is 9.66 Å². The molecule has 1 aromatic heterocycles. The van der Waals surface area contributed by atoms with Crippen LogP contribution in [0.4, 0.5) is 0 Å². The molecule has 0 atom stereocenters. The molecule has 3 aromatic carbocycles. The van der Waals surface area contributed by atoms with E-state index in [2.05, 4.69) is 26.0 Å². The first kappa shape index (κ1) is 21.3. The SMILES string of the molecule is COc1cc(Br)cc(C=Nn2c(-c3ccccc3)nc3ccccc3c2=O)c1OCC#N. The Balaban J connectivity index is 1.92. The van der Waals surface area contributed by atoms with Gasteiger partial charge in [0.25, 0.3) is 5.56 Å². The van der Waals surface area contributed by atoms with E-state index >= 15 is 0 Å². The zero-order valence-corrected chi connectivity index (χ0v) is 18.6. The van der Waals surface area contributed by atoms with Crippen molar-refractivity contribution >= 4 is 33.0 Å². The quantitative estimate of drug-likeness (QED) is 0.369. The maximum atomic E-state index is 13.3. The molecule has 0 fully saturated rings. The molecule has 0 unspecified atom stereocenters. The van der Waals surface area contributed by atoms with E-state index in [1.807, 2.05) is 42.5 Å². The number of benzene rings is 3. The van der Waals surface area contributed by atoms with Gasteiger partial charge in [0.05, 0.1) is 24.2 Å². The lowest BCUT2D eigenvalue weighted by Gasteiger charge is -2.13. The molecule has 0 spiro atoms. The van der Waals surface area contributed by atoms with Crippen LogP contribution in [0.15, 0.2) is 81.1 Å². The van der Waals surface area contributed by atoms with Crippen molar-refractivity contribution in [2.75, 3.05) is 13.7 Å². The van der Waals surface area contributed by atoms with Gasteiger partial charge >= 0.3 is 0 Å². The number of halogens is 1. The minimum Gasteiger partial charge on any atom is -0.493 e. The Morgan fingerprint density at radius 3 is 2.66 bits per heavy atom. The summed E-state index contributed by atoms with van der Waals surface area (Å²) in [6.07, 6.45) is 1.49. The van der Waals surface area contributed by atoms with Crippen LogP contribution in [0.2, 0.25) is 0 Å². The molecule has 0 aliphatic rings. The van der Waals surface area contributed by atoms with Crippen molar-refractivity contribution in [3.63, 3.8) is 0 Å². The fourth-order valence-corrected chi connectivity index (χ4v) is 3.67. The van der Waals surface area contributed by atoms with E-state index in [1.165, 1.54) is 18.0 Å². The fraction of sp³-hybridized carbons (Fsp3) is 0.0833. The molecule has 0 aliphatic heterocycles. The molecular weight excluding hydrogens is 472 g/mol. The highest BCUT2D eigenvalue weighted by atomic mass is 79.9. The summed E-state index contributed by atoms with van der Waals surface area (Å²) in [5, 5.41) is 13.9. The molecular formula is C24H17BrN4O3. The summed E-state index contributed by atoms with van der Waals surface area (Å²) in [4.78, 5) is 18.0. The maximum absolute atomic E-state index is 13.3. The first-order valence-electron chi connectivity index (χ1n) is 9.61. The van der Waals surface area contributed by atoms with Crippen LogP contribution in [0.25, 0.3) is 22.3 Å². The van der Waals surface area contributed by atoms with Crippen molar-refractivity contribution in [3.8, 4) is 29.0 Å². The molecule has 0 amide bonds. The molecule has 0 aliphatic carbocycles. The van der Waals surface area contributed by atoms with Crippen molar-refractivity contribution in [2.45, 2.75) is 0 Å². The lowest BCUT2D eigenvalue weighted by molar-refractivity contribution is 0.329. The van der Waals surface area contributed by atoms with Gasteiger partial charge in [-0.15, -0.1) is 0 Å². The molecule has 8 heteroatoms. The average molecular weight is 489 g/mol. The predicted molar refractivity (Wildman–Crippen MR) is 126 cm³/mol. The molecule has 0 saturated carbocycles. The second-order valence-electron chi connectivity index (χ2n) is 6.65. The molecule has 32 heavy (non-hydrogen) atoms. The predicted octanol–water partition coefficient (Wildman–Crippen LogP) is 4.62. The summed E-state index contributed by atoms with van der Waals surface area (Å²) in [6, 6.07) is 21.9. The first-order chi connectivity index (χ1) is 15.6. The number of fused-ring (bicyclic) bond motifs is 1. The molecule has 0 saturated heterocycles. The number of aromatic nitrogens is 2. The van der Waals surface area contributed by atoms with E-state index < -0.39 is 0 Å². The fourth-order valence-electron chi connectivity index (χ4n) is 3.22. The lowest BCUT2D eigenvalue weighted by atomic mass is 10.2. The van der Waals surface area contributed by atoms with Crippen LogP contribution in [0.1, 0.15) is 5.56 Å². The first-order valence-corrected chi connectivity index (χ1v) is 10.4. The minimum absolute atomic E-state index is 0.161. The van der Waals surface area contributed by atoms with Gasteiger partial charge in [0, 0.05) is 15.6 Å². The third kappa shape index (κ3) is 4.24. The van der Waals surface area contributed by atoms with Crippen LogP contribution in [-0.2, 0) is 0 Å². The van der Waals surface area contributed by atoms with E-state index in [0.29, 0.717) is 33.8 Å². The number of methoxy groups -OCH3 is 1. The van der Waals surface area contributed by atoms with Crippen molar-refractivity contribution in [3.05, 3.63) is 87.1 Å². The van der Waals surface area contributed by atoms with Gasteiger partial charge in [0.2, 0.25) is 0 Å². The summed E-state index contributed by atoms with van der Waals surface area (Å²) in [5.74, 6) is 1.19. The van der Waals surface area contributed by atoms with Crippen molar-refractivity contribution in [2.24, 2.45) is 5.10 Å². The zero-order valence-electron chi connectivity index (χ0n) is 17.0. The van der Waals surface area contributed by atoms with E-state index in [-0.39, 0.29) is 12.2 Å². The minimum atomic E-state index is -0.299. The smallest absolute Gasteiger partial charge is 0.282 e. The summed E-state index contributed by atoms with van der Waals surface area (Å²) in [6.45, 7) is -0.161. The maximum Gasteiger partial charge on any atom is 0.282 e. The van der Waals surface area contributed by atoms with Gasteiger partial charge in [-0.1, -0.05) is 58.4 Å². The molecule has 158 valence electrons. The highest BCUT2D eigenvalue weighted by Crippen LogP contribution is 2.34. The Hall–Kier alpha value is -3.96. The summed E-state index contributed by atoms with van der Waals surface area (Å²) < 4.78 is 12.9. The Morgan fingerprint density at radius 1 is 1.16 bits per heavy atom. The number of hydrogen-bond acceptors (Lipinski definition) is 6. The van der Waals surface area contributed by atoms with Gasteiger partial charge in [-0.25, -0.2) is 4.98 Å². The number of rotatable bonds is 6. The normalized spacial score (nSPS) is 10.9. The molecule has 4 rings (SSSR count). The van der Waals surface area contributed by atoms with E-state index in [9.17, 15) is 4.79 Å². The summed E-state index contributed by atoms with van der Waals surface area (Å²) >= 11 is 3.44. The molecule has 7 nitrogen and oxygen atoms in total. The average Bonchev–Trinajstić information content (AvgIpc) is 2.82. The van der Waals surface area contributed by atoms with Crippen LogP contribution >= 0.6 is 15.9 Å². The summed E-state index contributed by atoms with van der Waals surface area (Å²) in [5.41, 5.74) is 1.57. The number of nitrogens with zero attached hydrogens (tertiary/aromatic N) is 4. The zero-order chi connectivity index (χ0) is 22.5. The number of nitriles is 1. The second-order valence-corrected chi connectivity index (χ2v) is 7.57. The Bertz CT molecular complexity index is 1410. The van der Waals surface area contributed by atoms with Gasteiger partial charge in [0.1, 0.15) is 6.07 Å². The molecule has 0 radical (unpaired) electrons. The van der Waals surface area contributed by atoms with Gasteiger partial charge in [-0.3, -0.25) is 4.79 Å². The number of ether oxygens (including phenoxy) is 2. The van der Waals surface area contributed by atoms with Crippen LogP contribution in [0.5, 0.6) is 11.5 Å². The van der Waals surface area contributed by atoms with Crippen LogP contribution < -0.4 is 15.0 Å². The monoisotopic (exact) mass is 488 g/mol. The van der Waals surface area contributed by atoms with Crippen molar-refractivity contribution < 1.29 is 9.47 Å². The highest BCUT2D eigenvalue weighted by molar-refractivity contribution is 9.10. The molecule has 1 heterocycles. The Morgan fingerprint density at radius 2 is 1.91 bits per heavy atom. The van der Waals surface area contributed by atoms with E-state index in [1.54, 1.807) is 30.3 Å².